The molecule has 1 aliphatic heterocycles. The van der Waals surface area contributed by atoms with E-state index in [2.05, 4.69) is 22.3 Å². The molecule has 0 bridgehead atoms. The number of halogens is 2. The number of carbonyl (C=O) groups excluding carboxylic acids is 1. The molecule has 7 heteroatoms. The van der Waals surface area contributed by atoms with Gasteiger partial charge in [-0.1, -0.05) is 41.9 Å². The van der Waals surface area contributed by atoms with E-state index < -0.39 is 5.82 Å². The lowest BCUT2D eigenvalue weighted by Gasteiger charge is -2.33. The summed E-state index contributed by atoms with van der Waals surface area (Å²) in [4.78, 5) is 14.3. The molecule has 0 aliphatic carbocycles. The van der Waals surface area contributed by atoms with E-state index in [0.717, 1.165) is 25.7 Å². The van der Waals surface area contributed by atoms with E-state index >= 15 is 0 Å². The number of rotatable bonds is 7. The largest absolute Gasteiger partial charge is 0.482 e. The lowest BCUT2D eigenvalue weighted by molar-refractivity contribution is -0.124. The predicted molar refractivity (Wildman–Crippen MR) is 101 cm³/mol. The van der Waals surface area contributed by atoms with Crippen LogP contribution in [0.15, 0.2) is 48.5 Å². The van der Waals surface area contributed by atoms with Crippen molar-refractivity contribution in [2.75, 3.05) is 32.8 Å². The quantitative estimate of drug-likeness (QED) is 0.787. The third-order valence-electron chi connectivity index (χ3n) is 4.25. The van der Waals surface area contributed by atoms with Gasteiger partial charge in [0.25, 0.3) is 5.91 Å². The van der Waals surface area contributed by atoms with Crippen LogP contribution in [0.3, 0.4) is 0 Å². The van der Waals surface area contributed by atoms with Gasteiger partial charge in [0, 0.05) is 26.2 Å². The number of nitrogens with zero attached hydrogens (tertiary/aromatic N) is 1. The van der Waals surface area contributed by atoms with Gasteiger partial charge in [0.05, 0.1) is 17.7 Å². The van der Waals surface area contributed by atoms with Crippen LogP contribution < -0.4 is 10.1 Å². The molecule has 1 amide bonds. The average Bonchev–Trinajstić information content (AvgIpc) is 2.67. The number of hydrogen-bond acceptors (Lipinski definition) is 4. The molecule has 0 spiro atoms. The highest BCUT2D eigenvalue weighted by molar-refractivity contribution is 6.32. The van der Waals surface area contributed by atoms with E-state index in [9.17, 15) is 9.18 Å². The molecule has 0 aromatic heterocycles. The zero-order chi connectivity index (χ0) is 19.1. The first-order chi connectivity index (χ1) is 13.1. The molecule has 2 aromatic rings. The Morgan fingerprint density at radius 1 is 1.30 bits per heavy atom. The van der Waals surface area contributed by atoms with Crippen LogP contribution >= 0.6 is 11.6 Å². The maximum atomic E-state index is 13.0. The van der Waals surface area contributed by atoms with Crippen molar-refractivity contribution in [3.8, 4) is 5.75 Å². The van der Waals surface area contributed by atoms with Gasteiger partial charge in [-0.05, 0) is 23.8 Å². The summed E-state index contributed by atoms with van der Waals surface area (Å²) < 4.78 is 24.1. The van der Waals surface area contributed by atoms with E-state index in [4.69, 9.17) is 21.1 Å². The molecule has 1 fully saturated rings. The Balaban J connectivity index is 1.40. The minimum Gasteiger partial charge on any atom is -0.482 e. The van der Waals surface area contributed by atoms with Crippen molar-refractivity contribution in [2.45, 2.75) is 12.6 Å². The minimum atomic E-state index is -0.452. The maximum Gasteiger partial charge on any atom is 0.258 e. The zero-order valence-electron chi connectivity index (χ0n) is 14.9. The van der Waals surface area contributed by atoms with Crippen molar-refractivity contribution < 1.29 is 18.7 Å². The maximum absolute atomic E-state index is 13.0. The smallest absolute Gasteiger partial charge is 0.258 e. The lowest BCUT2D eigenvalue weighted by atomic mass is 10.2. The third kappa shape index (κ3) is 6.20. The van der Waals surface area contributed by atoms with Crippen molar-refractivity contribution in [1.29, 1.82) is 0 Å². The first kappa shape index (κ1) is 19.6. The Hall–Kier alpha value is -2.15. The van der Waals surface area contributed by atoms with Crippen LogP contribution in [-0.2, 0) is 16.1 Å². The van der Waals surface area contributed by atoms with Gasteiger partial charge in [-0.25, -0.2) is 4.39 Å². The van der Waals surface area contributed by atoms with Gasteiger partial charge in [-0.3, -0.25) is 9.69 Å². The Kier molecular flexibility index (Phi) is 7.04. The third-order valence-corrected chi connectivity index (χ3v) is 4.55. The first-order valence-corrected chi connectivity index (χ1v) is 9.20. The highest BCUT2D eigenvalue weighted by Gasteiger charge is 2.21. The second-order valence-electron chi connectivity index (χ2n) is 6.38. The number of nitrogens with one attached hydrogen (secondary N) is 1. The first-order valence-electron chi connectivity index (χ1n) is 8.82. The summed E-state index contributed by atoms with van der Waals surface area (Å²) in [6.45, 7) is 3.33. The lowest BCUT2D eigenvalue weighted by Crippen LogP contribution is -2.47. The summed E-state index contributed by atoms with van der Waals surface area (Å²) in [7, 11) is 0. The molecule has 0 radical (unpaired) electrons. The second-order valence-corrected chi connectivity index (χ2v) is 6.79. The summed E-state index contributed by atoms with van der Waals surface area (Å²) in [5.41, 5.74) is 1.26. The summed E-state index contributed by atoms with van der Waals surface area (Å²) in [6, 6.07) is 14.0. The fourth-order valence-corrected chi connectivity index (χ4v) is 3.13. The van der Waals surface area contributed by atoms with E-state index in [-0.39, 0.29) is 29.4 Å². The van der Waals surface area contributed by atoms with Crippen molar-refractivity contribution >= 4 is 17.5 Å². The van der Waals surface area contributed by atoms with Crippen molar-refractivity contribution in [2.24, 2.45) is 0 Å². The zero-order valence-corrected chi connectivity index (χ0v) is 15.6. The van der Waals surface area contributed by atoms with Crippen LogP contribution in [0.4, 0.5) is 4.39 Å². The summed E-state index contributed by atoms with van der Waals surface area (Å²) >= 11 is 5.87. The fraction of sp³-hybridized carbons (Fsp3) is 0.350. The van der Waals surface area contributed by atoms with Crippen LogP contribution in [0.1, 0.15) is 5.56 Å². The Morgan fingerprint density at radius 2 is 2.11 bits per heavy atom. The molecule has 1 aliphatic rings. The summed E-state index contributed by atoms with van der Waals surface area (Å²) in [5, 5.41) is 2.94. The topological polar surface area (TPSA) is 50.8 Å². The van der Waals surface area contributed by atoms with Crippen LogP contribution in [0.2, 0.25) is 5.02 Å². The molecular formula is C20H22ClFN2O3. The highest BCUT2D eigenvalue weighted by Crippen LogP contribution is 2.24. The van der Waals surface area contributed by atoms with Crippen LogP contribution in [0, 0.1) is 5.82 Å². The molecule has 1 heterocycles. The van der Waals surface area contributed by atoms with Gasteiger partial charge in [-0.15, -0.1) is 0 Å². The predicted octanol–water partition coefficient (Wildman–Crippen LogP) is 2.88. The molecule has 27 heavy (non-hydrogen) atoms. The van der Waals surface area contributed by atoms with Gasteiger partial charge in [0.1, 0.15) is 11.6 Å². The van der Waals surface area contributed by atoms with Gasteiger partial charge < -0.3 is 14.8 Å². The molecule has 0 unspecified atom stereocenters. The standard InChI is InChI=1S/C20H22ClFN2O3/c21-18-10-16(22)6-7-19(18)27-14-20(25)23-11-17-13-24(8-9-26-17)12-15-4-2-1-3-5-15/h1-7,10,17H,8-9,11-14H2,(H,23,25)/t17-/m1/s1. The SMILES string of the molecule is O=C(COc1ccc(F)cc1Cl)NC[C@@H]1CN(Cc2ccccc2)CCO1. The molecule has 1 saturated heterocycles. The van der Waals surface area contributed by atoms with E-state index in [1.807, 2.05) is 18.2 Å². The Labute approximate surface area is 163 Å². The van der Waals surface area contributed by atoms with Crippen molar-refractivity contribution in [3.63, 3.8) is 0 Å². The van der Waals surface area contributed by atoms with Gasteiger partial charge in [0.2, 0.25) is 0 Å². The Bertz CT molecular complexity index is 760. The number of amides is 1. The van der Waals surface area contributed by atoms with E-state index in [1.165, 1.54) is 17.7 Å². The highest BCUT2D eigenvalue weighted by atomic mass is 35.5. The molecular weight excluding hydrogens is 371 g/mol. The van der Waals surface area contributed by atoms with Crippen molar-refractivity contribution in [1.82, 2.24) is 10.2 Å². The van der Waals surface area contributed by atoms with Gasteiger partial charge in [0.15, 0.2) is 6.61 Å². The molecule has 3 rings (SSSR count). The fourth-order valence-electron chi connectivity index (χ4n) is 2.90. The van der Waals surface area contributed by atoms with Crippen molar-refractivity contribution in [3.05, 3.63) is 64.9 Å². The van der Waals surface area contributed by atoms with Gasteiger partial charge in [-0.2, -0.15) is 0 Å². The summed E-state index contributed by atoms with van der Waals surface area (Å²) in [5.74, 6) is -0.457. The minimum absolute atomic E-state index is 0.0687. The van der Waals surface area contributed by atoms with E-state index in [0.29, 0.717) is 13.2 Å². The molecule has 144 valence electrons. The Morgan fingerprint density at radius 3 is 2.89 bits per heavy atom. The monoisotopic (exact) mass is 392 g/mol. The number of hydrogen-bond donors (Lipinski definition) is 1. The molecule has 2 aromatic carbocycles. The number of carbonyl (C=O) groups is 1. The molecule has 1 atom stereocenters. The molecule has 5 nitrogen and oxygen atoms in total. The van der Waals surface area contributed by atoms with Crippen LogP contribution in [0.5, 0.6) is 5.75 Å². The van der Waals surface area contributed by atoms with E-state index in [1.54, 1.807) is 0 Å². The second kappa shape index (κ2) is 9.69. The number of ether oxygens (including phenoxy) is 2. The number of morpholine rings is 1. The van der Waals surface area contributed by atoms with Crippen LogP contribution in [-0.4, -0.2) is 49.8 Å². The van der Waals surface area contributed by atoms with Gasteiger partial charge >= 0.3 is 0 Å². The number of benzene rings is 2. The normalized spacial score (nSPS) is 17.5. The molecule has 1 N–H and O–H groups in total. The summed E-state index contributed by atoms with van der Waals surface area (Å²) in [6.07, 6.45) is -0.0687. The molecule has 0 saturated carbocycles. The average molecular weight is 393 g/mol. The van der Waals surface area contributed by atoms with Crippen LogP contribution in [0.25, 0.3) is 0 Å².